The predicted octanol–water partition coefficient (Wildman–Crippen LogP) is 1.99. The van der Waals surface area contributed by atoms with Crippen LogP contribution in [0.2, 0.25) is 0 Å². The van der Waals surface area contributed by atoms with Crippen LogP contribution in [0.15, 0.2) is 12.1 Å². The van der Waals surface area contributed by atoms with Gasteiger partial charge in [-0.3, -0.25) is 9.59 Å². The van der Waals surface area contributed by atoms with Crippen LogP contribution in [0.5, 0.6) is 0 Å². The SMILES string of the molecule is CNC(=O)Cc1sc2c(C(C)C)cc(N)cc2c1C(N)=O. The number of nitrogens with two attached hydrogens (primary N) is 2. The molecule has 1 aromatic carbocycles. The molecule has 0 unspecified atom stereocenters. The van der Waals surface area contributed by atoms with Crippen molar-refractivity contribution in [1.29, 1.82) is 0 Å². The number of rotatable bonds is 4. The molecular formula is C15H19N3O2S. The summed E-state index contributed by atoms with van der Waals surface area (Å²) in [5.41, 5.74) is 13.5. The third-order valence-electron chi connectivity index (χ3n) is 3.38. The molecule has 0 spiro atoms. The first kappa shape index (κ1) is 15.3. The smallest absolute Gasteiger partial charge is 0.250 e. The molecule has 5 N–H and O–H groups in total. The quantitative estimate of drug-likeness (QED) is 0.753. The molecule has 0 aliphatic carbocycles. The van der Waals surface area contributed by atoms with E-state index < -0.39 is 5.91 Å². The molecule has 0 fully saturated rings. The molecule has 0 saturated carbocycles. The van der Waals surface area contributed by atoms with Gasteiger partial charge >= 0.3 is 0 Å². The summed E-state index contributed by atoms with van der Waals surface area (Å²) in [7, 11) is 1.57. The van der Waals surface area contributed by atoms with Crippen LogP contribution < -0.4 is 16.8 Å². The number of fused-ring (bicyclic) bond motifs is 1. The van der Waals surface area contributed by atoms with Gasteiger partial charge in [0, 0.05) is 27.7 Å². The molecule has 2 aromatic rings. The van der Waals surface area contributed by atoms with Gasteiger partial charge < -0.3 is 16.8 Å². The normalized spacial score (nSPS) is 11.0. The number of nitrogen functional groups attached to an aromatic ring is 1. The van der Waals surface area contributed by atoms with Crippen LogP contribution in [0, 0.1) is 0 Å². The van der Waals surface area contributed by atoms with Crippen molar-refractivity contribution >= 4 is 38.9 Å². The number of thiophene rings is 1. The van der Waals surface area contributed by atoms with Crippen LogP contribution in [0.4, 0.5) is 5.69 Å². The third-order valence-corrected chi connectivity index (χ3v) is 4.64. The minimum Gasteiger partial charge on any atom is -0.399 e. The molecule has 0 atom stereocenters. The zero-order valence-corrected chi connectivity index (χ0v) is 13.1. The average Bonchev–Trinajstić information content (AvgIpc) is 2.74. The molecule has 112 valence electrons. The molecule has 6 heteroatoms. The Bertz CT molecular complexity index is 719. The topological polar surface area (TPSA) is 98.2 Å². The van der Waals surface area contributed by atoms with Crippen molar-refractivity contribution in [3.63, 3.8) is 0 Å². The molecule has 21 heavy (non-hydrogen) atoms. The lowest BCUT2D eigenvalue weighted by atomic mass is 9.98. The Hall–Kier alpha value is -2.08. The molecule has 1 heterocycles. The highest BCUT2D eigenvalue weighted by Gasteiger charge is 2.21. The van der Waals surface area contributed by atoms with Crippen LogP contribution in [0.25, 0.3) is 10.1 Å². The predicted molar refractivity (Wildman–Crippen MR) is 86.6 cm³/mol. The second-order valence-corrected chi connectivity index (χ2v) is 6.36. The number of likely N-dealkylation sites (N-methyl/N-ethyl adjacent to an activating group) is 1. The Labute approximate surface area is 127 Å². The monoisotopic (exact) mass is 305 g/mol. The van der Waals surface area contributed by atoms with E-state index in [1.807, 2.05) is 6.07 Å². The molecule has 0 saturated heterocycles. The zero-order valence-electron chi connectivity index (χ0n) is 12.3. The van der Waals surface area contributed by atoms with E-state index in [1.165, 1.54) is 11.3 Å². The summed E-state index contributed by atoms with van der Waals surface area (Å²) in [4.78, 5) is 24.1. The van der Waals surface area contributed by atoms with Gasteiger partial charge in [0.1, 0.15) is 0 Å². The summed E-state index contributed by atoms with van der Waals surface area (Å²) in [5.74, 6) is -0.410. The van der Waals surface area contributed by atoms with Crippen molar-refractivity contribution in [3.8, 4) is 0 Å². The summed E-state index contributed by atoms with van der Waals surface area (Å²) in [6, 6.07) is 3.67. The minimum atomic E-state index is -0.527. The number of amides is 2. The van der Waals surface area contributed by atoms with Crippen LogP contribution in [-0.4, -0.2) is 18.9 Å². The lowest BCUT2D eigenvalue weighted by Gasteiger charge is -2.08. The molecule has 2 amide bonds. The highest BCUT2D eigenvalue weighted by molar-refractivity contribution is 7.19. The number of nitrogens with one attached hydrogen (secondary N) is 1. The maximum Gasteiger partial charge on any atom is 0.250 e. The van der Waals surface area contributed by atoms with Crippen LogP contribution in [0.3, 0.4) is 0 Å². The first-order chi connectivity index (χ1) is 9.85. The number of hydrogen-bond donors (Lipinski definition) is 3. The fourth-order valence-corrected chi connectivity index (χ4v) is 3.80. The highest BCUT2D eigenvalue weighted by atomic mass is 32.1. The molecular weight excluding hydrogens is 286 g/mol. The standard InChI is InChI=1S/C15H19N3O2S/c1-7(2)9-4-8(16)5-10-13(15(17)20)11(21-14(9)10)6-12(19)18-3/h4-5,7H,6,16H2,1-3H3,(H2,17,20)(H,18,19). The molecule has 0 aliphatic rings. The fraction of sp³-hybridized carbons (Fsp3) is 0.333. The summed E-state index contributed by atoms with van der Waals surface area (Å²) >= 11 is 1.44. The van der Waals surface area contributed by atoms with E-state index in [-0.39, 0.29) is 18.2 Å². The van der Waals surface area contributed by atoms with Gasteiger partial charge in [0.05, 0.1) is 12.0 Å². The molecule has 2 rings (SSSR count). The van der Waals surface area contributed by atoms with E-state index in [0.29, 0.717) is 16.1 Å². The third kappa shape index (κ3) is 2.85. The fourth-order valence-electron chi connectivity index (χ4n) is 2.36. The Balaban J connectivity index is 2.75. The number of carbonyl (C=O) groups is 2. The largest absolute Gasteiger partial charge is 0.399 e. The Kier molecular flexibility index (Phi) is 4.18. The maximum absolute atomic E-state index is 11.8. The lowest BCUT2D eigenvalue weighted by molar-refractivity contribution is -0.119. The van der Waals surface area contributed by atoms with Crippen molar-refractivity contribution < 1.29 is 9.59 Å². The number of anilines is 1. The molecule has 0 radical (unpaired) electrons. The first-order valence-corrected chi connectivity index (χ1v) is 7.52. The summed E-state index contributed by atoms with van der Waals surface area (Å²) in [6.45, 7) is 4.13. The van der Waals surface area contributed by atoms with Crippen LogP contribution in [0.1, 0.15) is 40.6 Å². The maximum atomic E-state index is 11.8. The van der Waals surface area contributed by atoms with Crippen molar-refractivity contribution in [2.75, 3.05) is 12.8 Å². The van der Waals surface area contributed by atoms with Gasteiger partial charge in [-0.25, -0.2) is 0 Å². The van der Waals surface area contributed by atoms with E-state index in [1.54, 1.807) is 13.1 Å². The number of carbonyl (C=O) groups excluding carboxylic acids is 2. The van der Waals surface area contributed by atoms with Crippen LogP contribution >= 0.6 is 11.3 Å². The molecule has 5 nitrogen and oxygen atoms in total. The summed E-state index contributed by atoms with van der Waals surface area (Å²) in [6.07, 6.45) is 0.144. The van der Waals surface area contributed by atoms with Crippen molar-refractivity contribution in [3.05, 3.63) is 28.1 Å². The second-order valence-electron chi connectivity index (χ2n) is 5.26. The van der Waals surface area contributed by atoms with Crippen LogP contribution in [-0.2, 0) is 11.2 Å². The minimum absolute atomic E-state index is 0.144. The van der Waals surface area contributed by atoms with Gasteiger partial charge in [0.25, 0.3) is 0 Å². The molecule has 1 aromatic heterocycles. The van der Waals surface area contributed by atoms with E-state index >= 15 is 0 Å². The van der Waals surface area contributed by atoms with E-state index in [0.717, 1.165) is 15.6 Å². The molecule has 0 bridgehead atoms. The van der Waals surface area contributed by atoms with Gasteiger partial charge in [0.2, 0.25) is 11.8 Å². The summed E-state index contributed by atoms with van der Waals surface area (Å²) in [5, 5.41) is 3.31. The lowest BCUT2D eigenvalue weighted by Crippen LogP contribution is -2.21. The first-order valence-electron chi connectivity index (χ1n) is 6.70. The Morgan fingerprint density at radius 1 is 1.33 bits per heavy atom. The highest BCUT2D eigenvalue weighted by Crippen LogP contribution is 2.38. The van der Waals surface area contributed by atoms with Gasteiger partial charge in [-0.15, -0.1) is 11.3 Å². The van der Waals surface area contributed by atoms with Gasteiger partial charge in [-0.1, -0.05) is 13.8 Å². The van der Waals surface area contributed by atoms with Gasteiger partial charge in [0.15, 0.2) is 0 Å². The average molecular weight is 305 g/mol. The summed E-state index contributed by atoms with van der Waals surface area (Å²) < 4.78 is 0.979. The molecule has 0 aliphatic heterocycles. The van der Waals surface area contributed by atoms with Gasteiger partial charge in [-0.2, -0.15) is 0 Å². The number of hydrogen-bond acceptors (Lipinski definition) is 4. The van der Waals surface area contributed by atoms with E-state index in [9.17, 15) is 9.59 Å². The number of benzene rings is 1. The second kappa shape index (κ2) is 5.73. The number of primary amides is 1. The van der Waals surface area contributed by atoms with E-state index in [4.69, 9.17) is 11.5 Å². The van der Waals surface area contributed by atoms with Crippen molar-refractivity contribution in [2.45, 2.75) is 26.2 Å². The van der Waals surface area contributed by atoms with Gasteiger partial charge in [-0.05, 0) is 23.6 Å². The Morgan fingerprint density at radius 3 is 2.52 bits per heavy atom. The van der Waals surface area contributed by atoms with E-state index in [2.05, 4.69) is 19.2 Å². The van der Waals surface area contributed by atoms with Crippen molar-refractivity contribution in [1.82, 2.24) is 5.32 Å². The Morgan fingerprint density at radius 2 is 2.00 bits per heavy atom. The van der Waals surface area contributed by atoms with Crippen molar-refractivity contribution in [2.24, 2.45) is 5.73 Å². The zero-order chi connectivity index (χ0) is 15.7.